The molecule has 1 aliphatic heterocycles. The molecule has 0 unspecified atom stereocenters. The first-order valence-electron chi connectivity index (χ1n) is 13.2. The van der Waals surface area contributed by atoms with Gasteiger partial charge in [0.05, 0.1) is 5.69 Å². The van der Waals surface area contributed by atoms with E-state index in [4.69, 9.17) is 6.58 Å². The fourth-order valence-electron chi connectivity index (χ4n) is 5.57. The van der Waals surface area contributed by atoms with Gasteiger partial charge in [-0.3, -0.25) is 0 Å². The molecule has 2 nitrogen and oxygen atoms in total. The number of benzene rings is 4. The number of hydrogen-bond donors (Lipinski definition) is 0. The van der Waals surface area contributed by atoms with Gasteiger partial charge in [0.15, 0.2) is 0 Å². The third-order valence-electron chi connectivity index (χ3n) is 7.51. The molecule has 1 aliphatic rings. The van der Waals surface area contributed by atoms with Gasteiger partial charge in [-0.25, -0.2) is 0 Å². The van der Waals surface area contributed by atoms with Gasteiger partial charge in [-0.1, -0.05) is 97.6 Å². The molecule has 6 rings (SSSR count). The third-order valence-corrected chi connectivity index (χ3v) is 7.51. The molecule has 0 bridgehead atoms. The summed E-state index contributed by atoms with van der Waals surface area (Å²) in [5.74, 6) is 0. The zero-order valence-electron chi connectivity index (χ0n) is 22.1. The predicted octanol–water partition coefficient (Wildman–Crippen LogP) is 9.18. The van der Waals surface area contributed by atoms with Crippen molar-refractivity contribution in [1.29, 1.82) is 0 Å². The number of anilines is 2. The minimum atomic E-state index is 0.767. The van der Waals surface area contributed by atoms with Gasteiger partial charge in [0.1, 0.15) is 0 Å². The summed E-state index contributed by atoms with van der Waals surface area (Å²) in [6.45, 7) is 14.5. The van der Waals surface area contributed by atoms with Crippen LogP contribution < -0.4 is 4.90 Å². The van der Waals surface area contributed by atoms with Crippen LogP contribution in [0.2, 0.25) is 0 Å². The van der Waals surface area contributed by atoms with Crippen molar-refractivity contribution < 1.29 is 0 Å². The molecule has 0 N–H and O–H groups in total. The molecule has 0 aliphatic carbocycles. The van der Waals surface area contributed by atoms with E-state index in [0.717, 1.165) is 29.8 Å². The fourth-order valence-corrected chi connectivity index (χ4v) is 5.57. The van der Waals surface area contributed by atoms with Crippen LogP contribution in [-0.4, -0.2) is 11.1 Å². The first kappa shape index (κ1) is 23.8. The molecule has 0 atom stereocenters. The third kappa shape index (κ3) is 4.18. The van der Waals surface area contributed by atoms with Crippen LogP contribution >= 0.6 is 0 Å². The Morgan fingerprint density at radius 2 is 1.58 bits per heavy atom. The van der Waals surface area contributed by atoms with Gasteiger partial charge in [-0.15, -0.1) is 0 Å². The zero-order valence-corrected chi connectivity index (χ0v) is 22.1. The highest BCUT2D eigenvalue weighted by molar-refractivity contribution is 6.00. The Labute approximate surface area is 225 Å². The monoisotopic (exact) mass is 492 g/mol. The second-order valence-corrected chi connectivity index (χ2v) is 10.2. The second kappa shape index (κ2) is 9.72. The van der Waals surface area contributed by atoms with Crippen LogP contribution in [-0.2, 0) is 6.54 Å². The van der Waals surface area contributed by atoms with E-state index in [0.29, 0.717) is 0 Å². The van der Waals surface area contributed by atoms with E-state index in [1.165, 1.54) is 50.2 Å². The lowest BCUT2D eigenvalue weighted by Crippen LogP contribution is -2.18. The van der Waals surface area contributed by atoms with E-state index in [2.05, 4.69) is 133 Å². The van der Waals surface area contributed by atoms with E-state index in [-0.39, 0.29) is 0 Å². The number of hydrogen-bond acceptors (Lipinski definition) is 1. The Morgan fingerprint density at radius 1 is 0.842 bits per heavy atom. The van der Waals surface area contributed by atoms with Gasteiger partial charge in [0, 0.05) is 52.1 Å². The van der Waals surface area contributed by atoms with E-state index < -0.39 is 0 Å². The molecule has 2 heteroatoms. The lowest BCUT2D eigenvalue weighted by molar-refractivity contribution is 0.823. The highest BCUT2D eigenvalue weighted by Gasteiger charge is 2.24. The van der Waals surface area contributed by atoms with Gasteiger partial charge in [-0.2, -0.15) is 0 Å². The van der Waals surface area contributed by atoms with Crippen molar-refractivity contribution in [1.82, 2.24) is 4.57 Å². The zero-order chi connectivity index (χ0) is 26.2. The van der Waals surface area contributed by atoms with Crippen LogP contribution in [0.5, 0.6) is 0 Å². The first-order chi connectivity index (χ1) is 18.5. The molecule has 1 aromatic heterocycles. The topological polar surface area (TPSA) is 8.17 Å². The van der Waals surface area contributed by atoms with Gasteiger partial charge >= 0.3 is 0 Å². The Balaban J connectivity index is 1.60. The summed E-state index contributed by atoms with van der Waals surface area (Å²) in [7, 11) is 0. The summed E-state index contributed by atoms with van der Waals surface area (Å²) < 4.78 is 2.45. The maximum absolute atomic E-state index is 4.75. The normalized spacial score (nSPS) is 13.8. The Kier molecular flexibility index (Phi) is 6.09. The molecule has 186 valence electrons. The maximum Gasteiger partial charge on any atom is 0.0568 e. The lowest BCUT2D eigenvalue weighted by Gasteiger charge is -2.27. The van der Waals surface area contributed by atoms with Crippen molar-refractivity contribution in [3.63, 3.8) is 0 Å². The average Bonchev–Trinajstić information content (AvgIpc) is 3.25. The maximum atomic E-state index is 4.75. The molecule has 0 radical (unpaired) electrons. The summed E-state index contributed by atoms with van der Waals surface area (Å²) >= 11 is 0. The minimum Gasteiger partial charge on any atom is -0.337 e. The Morgan fingerprint density at radius 3 is 2.34 bits per heavy atom. The summed E-state index contributed by atoms with van der Waals surface area (Å²) in [5.41, 5.74) is 13.1. The molecular formula is C36H32N2. The van der Waals surface area contributed by atoms with Crippen LogP contribution in [0, 0.1) is 13.8 Å². The molecule has 0 spiro atoms. The second-order valence-electron chi connectivity index (χ2n) is 10.2. The van der Waals surface area contributed by atoms with Gasteiger partial charge < -0.3 is 9.47 Å². The molecule has 0 saturated carbocycles. The van der Waals surface area contributed by atoms with Gasteiger partial charge in [0.2, 0.25) is 0 Å². The Hall–Kier alpha value is -4.56. The van der Waals surface area contributed by atoms with Crippen molar-refractivity contribution in [3.8, 4) is 0 Å². The standard InChI is InChI=1S/C36H32N2/c1-5-28-15-17-29(18-16-28)24-38-34-20-14-25(2)22-33(34)32-12-9-21-37(30-10-7-6-8-11-30)35-23-26(3)13-19-31(35)27(4)36(32)38/h5-20,22-23H,1,4,21,24H2,2-3H3/b12-9-. The van der Waals surface area contributed by atoms with Crippen LogP contribution in [0.3, 0.4) is 0 Å². The molecular weight excluding hydrogens is 460 g/mol. The van der Waals surface area contributed by atoms with E-state index in [1.807, 2.05) is 6.08 Å². The van der Waals surface area contributed by atoms with Crippen molar-refractivity contribution in [2.24, 2.45) is 0 Å². The number of aromatic nitrogens is 1. The molecule has 0 fully saturated rings. The lowest BCUT2D eigenvalue weighted by atomic mass is 9.96. The summed E-state index contributed by atoms with van der Waals surface area (Å²) in [5, 5.41) is 1.27. The molecule has 0 saturated heterocycles. The molecule has 0 amide bonds. The van der Waals surface area contributed by atoms with Gasteiger partial charge in [-0.05, 0) is 60.9 Å². The molecule has 4 aromatic carbocycles. The SMILES string of the molecule is C=Cc1ccc(Cn2c3c(c4cc(C)ccc42)/C=C\CN(c2ccccc2)c2cc(C)ccc2C3=C)cc1. The minimum absolute atomic E-state index is 0.767. The molecule has 5 aromatic rings. The summed E-state index contributed by atoms with van der Waals surface area (Å²) in [6, 6.07) is 32.8. The number of para-hydroxylation sites is 1. The van der Waals surface area contributed by atoms with Crippen LogP contribution in [0.25, 0.3) is 28.6 Å². The highest BCUT2D eigenvalue weighted by atomic mass is 15.1. The van der Waals surface area contributed by atoms with Crippen molar-refractivity contribution in [2.75, 3.05) is 11.4 Å². The fraction of sp³-hybridized carbons (Fsp3) is 0.111. The van der Waals surface area contributed by atoms with Crippen LogP contribution in [0.15, 0.2) is 110 Å². The van der Waals surface area contributed by atoms with Crippen molar-refractivity contribution in [2.45, 2.75) is 20.4 Å². The molecule has 38 heavy (non-hydrogen) atoms. The number of fused-ring (bicyclic) bond motifs is 4. The average molecular weight is 493 g/mol. The van der Waals surface area contributed by atoms with E-state index >= 15 is 0 Å². The summed E-state index contributed by atoms with van der Waals surface area (Å²) in [4.78, 5) is 2.39. The smallest absolute Gasteiger partial charge is 0.0568 e. The Bertz CT molecular complexity index is 1700. The van der Waals surface area contributed by atoms with Crippen LogP contribution in [0.4, 0.5) is 11.4 Å². The quantitative estimate of drug-likeness (QED) is 0.243. The van der Waals surface area contributed by atoms with Crippen molar-refractivity contribution >= 4 is 40.0 Å². The molecule has 2 heterocycles. The van der Waals surface area contributed by atoms with E-state index in [9.17, 15) is 0 Å². The number of nitrogens with zero attached hydrogens (tertiary/aromatic N) is 2. The number of aryl methyl sites for hydroxylation is 2. The highest BCUT2D eigenvalue weighted by Crippen LogP contribution is 2.41. The van der Waals surface area contributed by atoms with Crippen molar-refractivity contribution in [3.05, 3.63) is 149 Å². The van der Waals surface area contributed by atoms with E-state index in [1.54, 1.807) is 0 Å². The van der Waals surface area contributed by atoms with Crippen LogP contribution in [0.1, 0.15) is 39.1 Å². The van der Waals surface area contributed by atoms with Gasteiger partial charge in [0.25, 0.3) is 0 Å². The first-order valence-corrected chi connectivity index (χ1v) is 13.2. The summed E-state index contributed by atoms with van der Waals surface area (Å²) in [6.07, 6.45) is 6.48. The number of rotatable bonds is 4. The predicted molar refractivity (Wildman–Crippen MR) is 164 cm³/mol. The largest absolute Gasteiger partial charge is 0.337 e.